The molecule has 64 valence electrons. The monoisotopic (exact) mass is 246 g/mol. The average Bonchev–Trinajstić information content (AvgIpc) is 2.79. The predicted octanol–water partition coefficient (Wildman–Crippen LogP) is 2.96. The van der Waals surface area contributed by atoms with Crippen LogP contribution >= 0.6 is 27.5 Å². The molecule has 1 heterocycles. The molecule has 2 rings (SSSR count). The highest BCUT2D eigenvalue weighted by atomic mass is 79.9. The minimum atomic E-state index is 0.417. The average molecular weight is 248 g/mol. The minimum absolute atomic E-state index is 0.417. The molecule has 0 amide bonds. The first kappa shape index (κ1) is 8.32. The zero-order chi connectivity index (χ0) is 8.72. The van der Waals surface area contributed by atoms with Crippen molar-refractivity contribution in [3.05, 3.63) is 21.4 Å². The van der Waals surface area contributed by atoms with E-state index in [2.05, 4.69) is 20.9 Å². The number of nitrogens with two attached hydrogens (primary N) is 1. The van der Waals surface area contributed by atoms with Crippen molar-refractivity contribution in [3.63, 3.8) is 0 Å². The molecule has 1 fully saturated rings. The highest BCUT2D eigenvalue weighted by molar-refractivity contribution is 9.10. The molecule has 1 aromatic heterocycles. The molecular formula is C8H8BrClN2. The summed E-state index contributed by atoms with van der Waals surface area (Å²) in [5, 5.41) is 0.417. The Balaban J connectivity index is 2.47. The fraction of sp³-hybridized carbons (Fsp3) is 0.375. The summed E-state index contributed by atoms with van der Waals surface area (Å²) in [6, 6.07) is 1.82. The number of halogens is 2. The van der Waals surface area contributed by atoms with Gasteiger partial charge in [0.05, 0.1) is 11.4 Å². The van der Waals surface area contributed by atoms with Crippen molar-refractivity contribution >= 4 is 33.2 Å². The summed E-state index contributed by atoms with van der Waals surface area (Å²) in [6.45, 7) is 0. The van der Waals surface area contributed by atoms with Crippen LogP contribution in [0.4, 0.5) is 5.69 Å². The van der Waals surface area contributed by atoms with Crippen molar-refractivity contribution in [2.45, 2.75) is 18.8 Å². The highest BCUT2D eigenvalue weighted by Crippen LogP contribution is 2.43. The van der Waals surface area contributed by atoms with Gasteiger partial charge in [-0.15, -0.1) is 0 Å². The molecule has 0 bridgehead atoms. The van der Waals surface area contributed by atoms with E-state index in [1.54, 1.807) is 0 Å². The molecule has 12 heavy (non-hydrogen) atoms. The van der Waals surface area contributed by atoms with Gasteiger partial charge >= 0.3 is 0 Å². The van der Waals surface area contributed by atoms with Gasteiger partial charge in [0, 0.05) is 10.4 Å². The number of aromatic nitrogens is 1. The first-order valence-corrected chi connectivity index (χ1v) is 4.97. The Hall–Kier alpha value is -0.280. The summed E-state index contributed by atoms with van der Waals surface area (Å²) in [5.74, 6) is 0.595. The van der Waals surface area contributed by atoms with Gasteiger partial charge in [-0.25, -0.2) is 4.98 Å². The van der Waals surface area contributed by atoms with Crippen LogP contribution in [0.25, 0.3) is 0 Å². The zero-order valence-corrected chi connectivity index (χ0v) is 8.69. The van der Waals surface area contributed by atoms with Gasteiger partial charge in [-0.3, -0.25) is 0 Å². The van der Waals surface area contributed by atoms with Gasteiger partial charge in [-0.1, -0.05) is 11.6 Å². The van der Waals surface area contributed by atoms with E-state index in [-0.39, 0.29) is 0 Å². The lowest BCUT2D eigenvalue weighted by Crippen LogP contribution is -1.94. The van der Waals surface area contributed by atoms with Crippen LogP contribution < -0.4 is 5.73 Å². The van der Waals surface area contributed by atoms with E-state index in [4.69, 9.17) is 17.3 Å². The quantitative estimate of drug-likeness (QED) is 0.775. The van der Waals surface area contributed by atoms with Crippen LogP contribution in [0.5, 0.6) is 0 Å². The topological polar surface area (TPSA) is 38.9 Å². The molecule has 1 aliphatic rings. The smallest absolute Gasteiger partial charge is 0.152 e. The Labute approximate surface area is 84.3 Å². The molecule has 2 nitrogen and oxygen atoms in total. The molecule has 0 spiro atoms. The van der Waals surface area contributed by atoms with Gasteiger partial charge in [0.15, 0.2) is 5.15 Å². The maximum Gasteiger partial charge on any atom is 0.152 e. The standard InChI is InChI=1S/C8H8BrClN2/c9-5-3-6(11)8(10)12-7(5)4-1-2-4/h3-4H,1-2,11H2. The highest BCUT2D eigenvalue weighted by Gasteiger charge is 2.27. The first-order chi connectivity index (χ1) is 5.68. The number of nitrogens with zero attached hydrogens (tertiary/aromatic N) is 1. The number of rotatable bonds is 1. The molecule has 0 aliphatic heterocycles. The van der Waals surface area contributed by atoms with E-state index < -0.39 is 0 Å². The van der Waals surface area contributed by atoms with Gasteiger partial charge in [0.1, 0.15) is 0 Å². The molecule has 0 aromatic carbocycles. The second-order valence-corrected chi connectivity index (χ2v) is 4.22. The number of pyridine rings is 1. The number of nitrogen functional groups attached to an aromatic ring is 1. The van der Waals surface area contributed by atoms with E-state index in [1.807, 2.05) is 6.07 Å². The molecule has 2 N–H and O–H groups in total. The SMILES string of the molecule is Nc1cc(Br)c(C2CC2)nc1Cl. The summed E-state index contributed by atoms with van der Waals surface area (Å²) in [7, 11) is 0. The molecular weight excluding hydrogens is 239 g/mol. The summed E-state index contributed by atoms with van der Waals surface area (Å²) in [6.07, 6.45) is 2.43. The number of hydrogen-bond donors (Lipinski definition) is 1. The molecule has 1 saturated carbocycles. The largest absolute Gasteiger partial charge is 0.396 e. The maximum absolute atomic E-state index is 5.80. The Morgan fingerprint density at radius 2 is 2.25 bits per heavy atom. The van der Waals surface area contributed by atoms with Crippen LogP contribution in [-0.4, -0.2) is 4.98 Å². The van der Waals surface area contributed by atoms with Crippen LogP contribution in [-0.2, 0) is 0 Å². The van der Waals surface area contributed by atoms with E-state index in [0.29, 0.717) is 16.8 Å². The lowest BCUT2D eigenvalue weighted by molar-refractivity contribution is 1.01. The van der Waals surface area contributed by atoms with Gasteiger partial charge < -0.3 is 5.73 Å². The third-order valence-electron chi connectivity index (χ3n) is 1.95. The van der Waals surface area contributed by atoms with E-state index in [0.717, 1.165) is 10.2 Å². The number of hydrogen-bond acceptors (Lipinski definition) is 2. The van der Waals surface area contributed by atoms with E-state index in [9.17, 15) is 0 Å². The van der Waals surface area contributed by atoms with Crippen molar-refractivity contribution in [3.8, 4) is 0 Å². The molecule has 4 heteroatoms. The Bertz CT molecular complexity index is 323. The Morgan fingerprint density at radius 3 is 2.83 bits per heavy atom. The van der Waals surface area contributed by atoms with Gasteiger partial charge in [0.25, 0.3) is 0 Å². The van der Waals surface area contributed by atoms with Gasteiger partial charge in [-0.2, -0.15) is 0 Å². The number of anilines is 1. The molecule has 0 atom stereocenters. The lowest BCUT2D eigenvalue weighted by atomic mass is 10.2. The second kappa shape index (κ2) is 2.89. The molecule has 0 unspecified atom stereocenters. The molecule has 1 aromatic rings. The second-order valence-electron chi connectivity index (χ2n) is 3.01. The summed E-state index contributed by atoms with van der Waals surface area (Å²) in [5.41, 5.74) is 7.17. The molecule has 1 aliphatic carbocycles. The summed E-state index contributed by atoms with van der Waals surface area (Å²) < 4.78 is 0.979. The minimum Gasteiger partial charge on any atom is -0.396 e. The van der Waals surface area contributed by atoms with Crippen LogP contribution in [0.1, 0.15) is 24.5 Å². The summed E-state index contributed by atoms with van der Waals surface area (Å²) >= 11 is 9.22. The van der Waals surface area contributed by atoms with Crippen molar-refractivity contribution in [2.24, 2.45) is 0 Å². The fourth-order valence-corrected chi connectivity index (χ4v) is 1.94. The third-order valence-corrected chi connectivity index (χ3v) is 2.89. The van der Waals surface area contributed by atoms with Crippen LogP contribution in [0.3, 0.4) is 0 Å². The van der Waals surface area contributed by atoms with Crippen molar-refractivity contribution in [2.75, 3.05) is 5.73 Å². The third kappa shape index (κ3) is 1.43. The molecule has 0 saturated heterocycles. The fourth-order valence-electron chi connectivity index (χ4n) is 1.14. The van der Waals surface area contributed by atoms with Gasteiger partial charge in [-0.05, 0) is 34.8 Å². The van der Waals surface area contributed by atoms with Crippen LogP contribution in [0.2, 0.25) is 5.15 Å². The maximum atomic E-state index is 5.80. The predicted molar refractivity (Wildman–Crippen MR) is 53.3 cm³/mol. The van der Waals surface area contributed by atoms with Crippen molar-refractivity contribution in [1.82, 2.24) is 4.98 Å². The van der Waals surface area contributed by atoms with E-state index >= 15 is 0 Å². The Morgan fingerprint density at radius 1 is 1.58 bits per heavy atom. The van der Waals surface area contributed by atoms with E-state index in [1.165, 1.54) is 12.8 Å². The van der Waals surface area contributed by atoms with Gasteiger partial charge in [0.2, 0.25) is 0 Å². The van der Waals surface area contributed by atoms with Crippen molar-refractivity contribution in [1.29, 1.82) is 0 Å². The Kier molecular flexibility index (Phi) is 2.00. The van der Waals surface area contributed by atoms with Crippen LogP contribution in [0, 0.1) is 0 Å². The first-order valence-electron chi connectivity index (χ1n) is 3.80. The van der Waals surface area contributed by atoms with Crippen LogP contribution in [0.15, 0.2) is 10.5 Å². The zero-order valence-electron chi connectivity index (χ0n) is 6.35. The summed E-state index contributed by atoms with van der Waals surface area (Å²) in [4.78, 5) is 4.23. The normalized spacial score (nSPS) is 16.5. The lowest BCUT2D eigenvalue weighted by Gasteiger charge is -2.03. The molecule has 0 radical (unpaired) electrons. The van der Waals surface area contributed by atoms with Crippen molar-refractivity contribution < 1.29 is 0 Å².